The highest BCUT2D eigenvalue weighted by atomic mass is 32.2. The molecule has 0 spiro atoms. The van der Waals surface area contributed by atoms with E-state index in [1.165, 1.54) is 28.6 Å². The number of nitrogens with zero attached hydrogens (tertiary/aromatic N) is 3. The number of anilines is 1. The number of H-pyrrole nitrogens is 1. The van der Waals surface area contributed by atoms with Gasteiger partial charge in [-0.15, -0.1) is 5.10 Å². The Morgan fingerprint density at radius 1 is 1.18 bits per heavy atom. The van der Waals surface area contributed by atoms with Crippen molar-refractivity contribution in [3.63, 3.8) is 0 Å². The van der Waals surface area contributed by atoms with Gasteiger partial charge in [-0.1, -0.05) is 0 Å². The molecule has 2 aromatic rings. The van der Waals surface area contributed by atoms with E-state index in [2.05, 4.69) is 20.5 Å². The largest absolute Gasteiger partial charge is 0.373 e. The summed E-state index contributed by atoms with van der Waals surface area (Å²) in [7, 11) is -3.64. The van der Waals surface area contributed by atoms with E-state index in [4.69, 9.17) is 4.74 Å². The number of sulfonamides is 1. The molecule has 1 aromatic carbocycles. The summed E-state index contributed by atoms with van der Waals surface area (Å²) in [6.07, 6.45) is 1.84. The van der Waals surface area contributed by atoms with Crippen molar-refractivity contribution in [2.45, 2.75) is 49.7 Å². The van der Waals surface area contributed by atoms with Crippen molar-refractivity contribution in [3.8, 4) is 0 Å². The van der Waals surface area contributed by atoms with Gasteiger partial charge in [-0.3, -0.25) is 15.2 Å². The highest BCUT2D eigenvalue weighted by Crippen LogP contribution is 2.38. The normalized spacial score (nSPS) is 23.5. The number of hydrogen-bond donors (Lipinski definition) is 2. The molecule has 2 atom stereocenters. The van der Waals surface area contributed by atoms with Crippen molar-refractivity contribution in [2.75, 3.05) is 18.4 Å². The van der Waals surface area contributed by atoms with Crippen molar-refractivity contribution < 1.29 is 17.9 Å². The number of morpholine rings is 1. The van der Waals surface area contributed by atoms with Crippen LogP contribution in [0.25, 0.3) is 0 Å². The topological polar surface area (TPSA) is 117 Å². The Balaban J connectivity index is 1.45. The van der Waals surface area contributed by atoms with Gasteiger partial charge in [-0.2, -0.15) is 9.29 Å². The number of ether oxygens (including phenoxy) is 1. The molecule has 10 heteroatoms. The molecule has 2 fully saturated rings. The van der Waals surface area contributed by atoms with Gasteiger partial charge in [-0.05, 0) is 51.0 Å². The molecule has 2 aliphatic rings. The molecule has 2 unspecified atom stereocenters. The Morgan fingerprint density at radius 2 is 1.82 bits per heavy atom. The zero-order valence-electron chi connectivity index (χ0n) is 15.8. The predicted octanol–water partition coefficient (Wildman–Crippen LogP) is 1.73. The van der Waals surface area contributed by atoms with Gasteiger partial charge < -0.3 is 4.74 Å². The third-order valence-corrected chi connectivity index (χ3v) is 6.68. The fourth-order valence-corrected chi connectivity index (χ4v) is 4.89. The summed E-state index contributed by atoms with van der Waals surface area (Å²) in [6.45, 7) is 4.32. The Hall–Kier alpha value is -2.30. The Kier molecular flexibility index (Phi) is 4.94. The number of aromatic nitrogens is 3. The van der Waals surface area contributed by atoms with Crippen LogP contribution in [-0.4, -0.2) is 59.1 Å². The Labute approximate surface area is 163 Å². The molecule has 4 rings (SSSR count). The first-order valence-electron chi connectivity index (χ1n) is 9.32. The van der Waals surface area contributed by atoms with Gasteiger partial charge in [0.1, 0.15) is 5.82 Å². The maximum atomic E-state index is 12.9. The first-order chi connectivity index (χ1) is 13.3. The third kappa shape index (κ3) is 3.94. The van der Waals surface area contributed by atoms with Gasteiger partial charge in [0.15, 0.2) is 0 Å². The summed E-state index contributed by atoms with van der Waals surface area (Å²) in [5, 5.41) is 9.44. The minimum absolute atomic E-state index is 0.152. The van der Waals surface area contributed by atoms with E-state index in [-0.39, 0.29) is 29.0 Å². The van der Waals surface area contributed by atoms with E-state index in [9.17, 15) is 13.2 Å². The van der Waals surface area contributed by atoms with Crippen LogP contribution in [0, 0.1) is 0 Å². The van der Waals surface area contributed by atoms with Crippen LogP contribution in [0.2, 0.25) is 0 Å². The van der Waals surface area contributed by atoms with E-state index in [1.807, 2.05) is 13.8 Å². The molecule has 9 nitrogen and oxygen atoms in total. The number of nitrogens with one attached hydrogen (secondary N) is 2. The van der Waals surface area contributed by atoms with Crippen LogP contribution in [0.5, 0.6) is 0 Å². The highest BCUT2D eigenvalue weighted by molar-refractivity contribution is 7.89. The van der Waals surface area contributed by atoms with Crippen LogP contribution in [0.15, 0.2) is 29.2 Å². The van der Waals surface area contributed by atoms with E-state index >= 15 is 0 Å². The van der Waals surface area contributed by atoms with E-state index < -0.39 is 10.0 Å². The van der Waals surface area contributed by atoms with Crippen molar-refractivity contribution in [3.05, 3.63) is 35.7 Å². The molecule has 28 heavy (non-hydrogen) atoms. The smallest absolute Gasteiger partial charge is 0.258 e. The van der Waals surface area contributed by atoms with Gasteiger partial charge in [0, 0.05) is 24.6 Å². The lowest BCUT2D eigenvalue weighted by Crippen LogP contribution is -2.48. The van der Waals surface area contributed by atoms with Gasteiger partial charge >= 0.3 is 0 Å². The zero-order chi connectivity index (χ0) is 19.9. The number of hydrogen-bond acceptors (Lipinski definition) is 6. The van der Waals surface area contributed by atoms with Crippen LogP contribution >= 0.6 is 0 Å². The second kappa shape index (κ2) is 7.26. The molecule has 1 saturated carbocycles. The average Bonchev–Trinajstić information content (AvgIpc) is 3.40. The number of carbonyl (C=O) groups excluding carboxylic acids is 1. The number of rotatable bonds is 5. The SMILES string of the molecule is CC1CN(S(=O)(=O)c2ccc(C(=O)Nc3n[nH]c(C4CC4)n3)cc2)CC(C)O1. The first kappa shape index (κ1) is 19.0. The molecule has 1 saturated heterocycles. The number of carbonyl (C=O) groups is 1. The molecule has 2 N–H and O–H groups in total. The van der Waals surface area contributed by atoms with Crippen molar-refractivity contribution in [1.29, 1.82) is 0 Å². The summed E-state index contributed by atoms with van der Waals surface area (Å²) in [4.78, 5) is 16.8. The van der Waals surface area contributed by atoms with Gasteiger partial charge in [0.2, 0.25) is 16.0 Å². The minimum Gasteiger partial charge on any atom is -0.373 e. The van der Waals surface area contributed by atoms with E-state index in [0.29, 0.717) is 24.6 Å². The Morgan fingerprint density at radius 3 is 2.43 bits per heavy atom. The maximum Gasteiger partial charge on any atom is 0.258 e. The van der Waals surface area contributed by atoms with Gasteiger partial charge in [0.25, 0.3) is 5.91 Å². The molecule has 150 valence electrons. The van der Waals surface area contributed by atoms with Crippen molar-refractivity contribution >= 4 is 21.9 Å². The van der Waals surface area contributed by atoms with Crippen LogP contribution in [0.1, 0.15) is 48.8 Å². The molecule has 1 aromatic heterocycles. The summed E-state index contributed by atoms with van der Waals surface area (Å²) >= 11 is 0. The zero-order valence-corrected chi connectivity index (χ0v) is 16.6. The lowest BCUT2D eigenvalue weighted by Gasteiger charge is -2.34. The second-order valence-electron chi connectivity index (χ2n) is 7.38. The standard InChI is InChI=1S/C18H23N5O4S/c1-11-9-23(10-12(2)27-11)28(25,26)15-7-5-14(6-8-15)17(24)20-18-19-16(21-22-18)13-3-4-13/h5-8,11-13H,3-4,9-10H2,1-2H3,(H2,19,20,21,22,24). The fourth-order valence-electron chi connectivity index (χ4n) is 3.30. The van der Waals surface area contributed by atoms with Crippen molar-refractivity contribution in [2.24, 2.45) is 0 Å². The molecule has 1 amide bonds. The van der Waals surface area contributed by atoms with Gasteiger partial charge in [0.05, 0.1) is 17.1 Å². The van der Waals surface area contributed by atoms with E-state index in [1.54, 1.807) is 0 Å². The third-order valence-electron chi connectivity index (χ3n) is 4.83. The highest BCUT2D eigenvalue weighted by Gasteiger charge is 2.32. The summed E-state index contributed by atoms with van der Waals surface area (Å²) in [5.41, 5.74) is 0.334. The van der Waals surface area contributed by atoms with Crippen LogP contribution in [0.4, 0.5) is 5.95 Å². The molecule has 2 heterocycles. The molecular weight excluding hydrogens is 382 g/mol. The maximum absolute atomic E-state index is 12.9. The van der Waals surface area contributed by atoms with E-state index in [0.717, 1.165) is 18.7 Å². The van der Waals surface area contributed by atoms with Crippen LogP contribution in [-0.2, 0) is 14.8 Å². The number of amides is 1. The summed E-state index contributed by atoms with van der Waals surface area (Å²) < 4.78 is 32.8. The van der Waals surface area contributed by atoms with Crippen LogP contribution < -0.4 is 5.32 Å². The molecule has 0 radical (unpaired) electrons. The monoisotopic (exact) mass is 405 g/mol. The van der Waals surface area contributed by atoms with Gasteiger partial charge in [-0.25, -0.2) is 8.42 Å². The molecule has 0 bridgehead atoms. The Bertz CT molecular complexity index is 958. The molecular formula is C18H23N5O4S. The number of aromatic amines is 1. The molecule has 1 aliphatic heterocycles. The van der Waals surface area contributed by atoms with Crippen molar-refractivity contribution in [1.82, 2.24) is 19.5 Å². The summed E-state index contributed by atoms with van der Waals surface area (Å²) in [6, 6.07) is 5.87. The lowest BCUT2D eigenvalue weighted by atomic mass is 10.2. The predicted molar refractivity (Wildman–Crippen MR) is 102 cm³/mol. The number of benzene rings is 1. The first-order valence-corrected chi connectivity index (χ1v) is 10.8. The minimum atomic E-state index is -3.64. The summed E-state index contributed by atoms with van der Waals surface area (Å²) in [5.74, 6) is 1.03. The quantitative estimate of drug-likeness (QED) is 0.782. The lowest BCUT2D eigenvalue weighted by molar-refractivity contribution is -0.0440. The second-order valence-corrected chi connectivity index (χ2v) is 9.31. The average molecular weight is 405 g/mol. The molecule has 1 aliphatic carbocycles. The fraction of sp³-hybridized carbons (Fsp3) is 0.500. The van der Waals surface area contributed by atoms with Crippen LogP contribution in [0.3, 0.4) is 0 Å².